The summed E-state index contributed by atoms with van der Waals surface area (Å²) in [5.41, 5.74) is 0. The molecule has 0 aromatic heterocycles. The highest BCUT2D eigenvalue weighted by atomic mass is 79.9. The molecule has 54 valence electrons. The van der Waals surface area contributed by atoms with Crippen molar-refractivity contribution in [3.63, 3.8) is 0 Å². The molecule has 0 N–H and O–H groups in total. The third kappa shape index (κ3) is 15.9. The Balaban J connectivity index is -0.000000125. The Labute approximate surface area is 64.8 Å². The summed E-state index contributed by atoms with van der Waals surface area (Å²) >= 11 is 0. The summed E-state index contributed by atoms with van der Waals surface area (Å²) in [6.07, 6.45) is -4.62. The summed E-state index contributed by atoms with van der Waals surface area (Å²) in [4.78, 5) is 0. The summed E-state index contributed by atoms with van der Waals surface area (Å²) in [7, 11) is 0. The van der Waals surface area contributed by atoms with Gasteiger partial charge in [0.25, 0.3) is 0 Å². The largest absolute Gasteiger partial charge is 0.416 e. The molecule has 8 heavy (non-hydrogen) atoms. The van der Waals surface area contributed by atoms with E-state index in [-0.39, 0.29) is 34.0 Å². The number of halogens is 6. The first-order valence-electron chi connectivity index (χ1n) is 1.19. The molecule has 0 radical (unpaired) electrons. The SMILES string of the molecule is Br.Br.FCC(F)(F)F. The third-order valence-electron chi connectivity index (χ3n) is 0.152. The highest BCUT2D eigenvalue weighted by molar-refractivity contribution is 8.93. The average molecular weight is 264 g/mol. The molecule has 0 spiro atoms. The average Bonchev–Trinajstić information content (AvgIpc) is 1.35. The van der Waals surface area contributed by atoms with Gasteiger partial charge in [0, 0.05) is 0 Å². The van der Waals surface area contributed by atoms with Gasteiger partial charge in [-0.3, -0.25) is 0 Å². The fraction of sp³-hybridized carbons (Fsp3) is 1.00. The Kier molecular flexibility index (Phi) is 11.5. The lowest BCUT2D eigenvalue weighted by atomic mass is 10.8. The summed E-state index contributed by atoms with van der Waals surface area (Å²) in [5, 5.41) is 0. The molecule has 6 heteroatoms. The fourth-order valence-electron chi connectivity index (χ4n) is 0. The van der Waals surface area contributed by atoms with E-state index in [0.717, 1.165) is 0 Å². The molecule has 0 rings (SSSR count). The van der Waals surface area contributed by atoms with Gasteiger partial charge < -0.3 is 0 Å². The zero-order chi connectivity index (χ0) is 5.21. The van der Waals surface area contributed by atoms with E-state index in [1.54, 1.807) is 0 Å². The first kappa shape index (κ1) is 15.9. The quantitative estimate of drug-likeness (QED) is 0.590. The van der Waals surface area contributed by atoms with Gasteiger partial charge in [-0.15, -0.1) is 34.0 Å². The van der Waals surface area contributed by atoms with Gasteiger partial charge in [-0.1, -0.05) is 0 Å². The molecule has 0 aromatic rings. The second-order valence-electron chi connectivity index (χ2n) is 0.749. The lowest BCUT2D eigenvalue weighted by Gasteiger charge is -1.93. The molecule has 0 aliphatic heterocycles. The van der Waals surface area contributed by atoms with E-state index in [1.165, 1.54) is 0 Å². The van der Waals surface area contributed by atoms with Crippen molar-refractivity contribution < 1.29 is 17.6 Å². The molecular weight excluding hydrogens is 260 g/mol. The van der Waals surface area contributed by atoms with Crippen molar-refractivity contribution in [2.45, 2.75) is 6.18 Å². The molecule has 0 aliphatic carbocycles. The number of hydrogen-bond donors (Lipinski definition) is 0. The maximum atomic E-state index is 10.4. The number of hydrogen-bond acceptors (Lipinski definition) is 0. The third-order valence-corrected chi connectivity index (χ3v) is 0.152. The fourth-order valence-corrected chi connectivity index (χ4v) is 0. The second-order valence-corrected chi connectivity index (χ2v) is 0.749. The van der Waals surface area contributed by atoms with E-state index < -0.39 is 12.9 Å². The first-order valence-corrected chi connectivity index (χ1v) is 1.19. The second kappa shape index (κ2) is 5.81. The van der Waals surface area contributed by atoms with Crippen LogP contribution < -0.4 is 0 Å². The van der Waals surface area contributed by atoms with Gasteiger partial charge in [0.15, 0.2) is 6.67 Å². The highest BCUT2D eigenvalue weighted by Crippen LogP contribution is 2.13. The van der Waals surface area contributed by atoms with Gasteiger partial charge in [-0.05, 0) is 0 Å². The van der Waals surface area contributed by atoms with E-state index in [9.17, 15) is 17.6 Å². The van der Waals surface area contributed by atoms with Gasteiger partial charge in [-0.2, -0.15) is 13.2 Å². The van der Waals surface area contributed by atoms with Gasteiger partial charge in [0.2, 0.25) is 0 Å². The van der Waals surface area contributed by atoms with Crippen LogP contribution in [0.5, 0.6) is 0 Å². The minimum Gasteiger partial charge on any atom is -0.241 e. The monoisotopic (exact) mass is 262 g/mol. The van der Waals surface area contributed by atoms with Gasteiger partial charge in [-0.25, -0.2) is 4.39 Å². The Morgan fingerprint density at radius 1 is 1.00 bits per heavy atom. The normalized spacial score (nSPS) is 9.00. The molecular formula is C2H4Br2F4. The lowest BCUT2D eigenvalue weighted by Crippen LogP contribution is -2.08. The van der Waals surface area contributed by atoms with Crippen molar-refractivity contribution >= 4 is 34.0 Å². The first-order chi connectivity index (χ1) is 2.56. The van der Waals surface area contributed by atoms with Crippen LogP contribution in [0.3, 0.4) is 0 Å². The Morgan fingerprint density at radius 2 is 1.12 bits per heavy atom. The highest BCUT2D eigenvalue weighted by Gasteiger charge is 2.26. The van der Waals surface area contributed by atoms with Crippen LogP contribution in [0.4, 0.5) is 17.6 Å². The van der Waals surface area contributed by atoms with Gasteiger partial charge in [0.1, 0.15) is 0 Å². The number of rotatable bonds is 0. The zero-order valence-corrected chi connectivity index (χ0v) is 6.96. The van der Waals surface area contributed by atoms with Crippen molar-refractivity contribution in [3.05, 3.63) is 0 Å². The Morgan fingerprint density at radius 3 is 1.12 bits per heavy atom. The van der Waals surface area contributed by atoms with Crippen molar-refractivity contribution in [2.24, 2.45) is 0 Å². The molecule has 0 aromatic carbocycles. The number of alkyl halides is 4. The van der Waals surface area contributed by atoms with Crippen LogP contribution in [0.2, 0.25) is 0 Å². The Hall–Kier alpha value is 0.680. The predicted molar refractivity (Wildman–Crippen MR) is 32.7 cm³/mol. The minimum absolute atomic E-state index is 0. The van der Waals surface area contributed by atoms with E-state index >= 15 is 0 Å². The summed E-state index contributed by atoms with van der Waals surface area (Å²) in [6, 6.07) is 0. The van der Waals surface area contributed by atoms with Crippen LogP contribution in [0.1, 0.15) is 0 Å². The van der Waals surface area contributed by atoms with Gasteiger partial charge in [0.05, 0.1) is 0 Å². The molecule has 0 aliphatic rings. The van der Waals surface area contributed by atoms with E-state index in [1.807, 2.05) is 0 Å². The summed E-state index contributed by atoms with van der Waals surface area (Å²) in [5.74, 6) is 0. The maximum Gasteiger partial charge on any atom is 0.416 e. The van der Waals surface area contributed by atoms with E-state index in [4.69, 9.17) is 0 Å². The van der Waals surface area contributed by atoms with Crippen molar-refractivity contribution in [3.8, 4) is 0 Å². The summed E-state index contributed by atoms with van der Waals surface area (Å²) < 4.78 is 41.6. The molecule has 0 nitrogen and oxygen atoms in total. The van der Waals surface area contributed by atoms with Gasteiger partial charge >= 0.3 is 6.18 Å². The van der Waals surface area contributed by atoms with Crippen LogP contribution >= 0.6 is 34.0 Å². The van der Waals surface area contributed by atoms with Crippen LogP contribution in [0.15, 0.2) is 0 Å². The predicted octanol–water partition coefficient (Wildman–Crippen LogP) is 2.67. The molecule has 0 unspecified atom stereocenters. The van der Waals surface area contributed by atoms with Crippen LogP contribution in [-0.2, 0) is 0 Å². The molecule has 0 saturated carbocycles. The van der Waals surface area contributed by atoms with Crippen LogP contribution in [0.25, 0.3) is 0 Å². The van der Waals surface area contributed by atoms with Crippen molar-refractivity contribution in [1.29, 1.82) is 0 Å². The van der Waals surface area contributed by atoms with E-state index in [0.29, 0.717) is 0 Å². The molecule has 0 amide bonds. The Bertz CT molecular complexity index is 41.8. The van der Waals surface area contributed by atoms with Crippen LogP contribution in [0, 0.1) is 0 Å². The maximum absolute atomic E-state index is 10.4. The van der Waals surface area contributed by atoms with Crippen LogP contribution in [-0.4, -0.2) is 12.9 Å². The summed E-state index contributed by atoms with van der Waals surface area (Å²) in [6.45, 7) is -2.23. The van der Waals surface area contributed by atoms with E-state index in [2.05, 4.69) is 0 Å². The molecule has 0 bridgehead atoms. The molecule has 0 fully saturated rings. The van der Waals surface area contributed by atoms with Crippen molar-refractivity contribution in [1.82, 2.24) is 0 Å². The zero-order valence-electron chi connectivity index (χ0n) is 3.54. The molecule has 0 heterocycles. The van der Waals surface area contributed by atoms with Crippen molar-refractivity contribution in [2.75, 3.05) is 6.67 Å². The molecule has 0 saturated heterocycles. The standard InChI is InChI=1S/C2H2F4.2BrH/c3-1-2(4,5)6;;/h1H2;2*1H. The minimum atomic E-state index is -4.62. The smallest absolute Gasteiger partial charge is 0.241 e. The lowest BCUT2D eigenvalue weighted by molar-refractivity contribution is -0.142. The molecule has 0 atom stereocenters. The topological polar surface area (TPSA) is 0 Å².